The van der Waals surface area contributed by atoms with Crippen molar-refractivity contribution in [3.8, 4) is 5.75 Å². The molecular formula is C16H23NO3. The minimum atomic E-state index is -0.0267. The van der Waals surface area contributed by atoms with Gasteiger partial charge < -0.3 is 14.6 Å². The molecule has 0 radical (unpaired) electrons. The average Bonchev–Trinajstić information content (AvgIpc) is 2.40. The number of phenolic OH excluding ortho intramolecular Hbond substituents is 1. The van der Waals surface area contributed by atoms with Crippen molar-refractivity contribution in [2.75, 3.05) is 39.5 Å². The lowest BCUT2D eigenvalue weighted by Crippen LogP contribution is -2.62. The zero-order valence-electron chi connectivity index (χ0n) is 12.3. The second kappa shape index (κ2) is 5.35. The maximum Gasteiger partial charge on any atom is 0.119 e. The number of hydrogen-bond acceptors (Lipinski definition) is 4. The molecule has 2 heterocycles. The van der Waals surface area contributed by atoms with Crippen LogP contribution in [0.4, 0.5) is 0 Å². The Morgan fingerprint density at radius 3 is 2.40 bits per heavy atom. The Hall–Kier alpha value is -1.10. The molecule has 4 heteroatoms. The number of aromatic hydroxyl groups is 1. The molecule has 1 aromatic rings. The lowest BCUT2D eigenvalue weighted by atomic mass is 9.83. The van der Waals surface area contributed by atoms with Crippen LogP contribution in [-0.4, -0.2) is 49.5 Å². The van der Waals surface area contributed by atoms with Crippen molar-refractivity contribution in [3.63, 3.8) is 0 Å². The Kier molecular flexibility index (Phi) is 3.71. The Morgan fingerprint density at radius 1 is 1.15 bits per heavy atom. The Balaban J connectivity index is 1.94. The van der Waals surface area contributed by atoms with E-state index in [0.717, 1.165) is 45.1 Å². The quantitative estimate of drug-likeness (QED) is 0.918. The summed E-state index contributed by atoms with van der Waals surface area (Å²) in [5.41, 5.74) is 2.25. The molecule has 2 fully saturated rings. The van der Waals surface area contributed by atoms with Gasteiger partial charge in [-0.05, 0) is 29.2 Å². The van der Waals surface area contributed by atoms with Crippen LogP contribution in [0.1, 0.15) is 30.9 Å². The van der Waals surface area contributed by atoms with Crippen LogP contribution >= 0.6 is 0 Å². The molecule has 110 valence electrons. The summed E-state index contributed by atoms with van der Waals surface area (Å²) in [4.78, 5) is 2.47. The highest BCUT2D eigenvalue weighted by Crippen LogP contribution is 2.39. The van der Waals surface area contributed by atoms with E-state index >= 15 is 0 Å². The molecule has 3 rings (SSSR count). The van der Waals surface area contributed by atoms with Crippen molar-refractivity contribution >= 4 is 0 Å². The fraction of sp³-hybridized carbons (Fsp3) is 0.625. The van der Waals surface area contributed by atoms with Gasteiger partial charge >= 0.3 is 0 Å². The van der Waals surface area contributed by atoms with Gasteiger partial charge in [-0.25, -0.2) is 0 Å². The molecule has 2 aliphatic heterocycles. The van der Waals surface area contributed by atoms with Gasteiger partial charge in [0.25, 0.3) is 0 Å². The molecule has 0 saturated carbocycles. The topological polar surface area (TPSA) is 41.9 Å². The summed E-state index contributed by atoms with van der Waals surface area (Å²) in [6, 6.07) is 6.02. The van der Waals surface area contributed by atoms with E-state index in [1.807, 2.05) is 12.1 Å². The maximum absolute atomic E-state index is 10.0. The van der Waals surface area contributed by atoms with Gasteiger partial charge in [0.1, 0.15) is 5.75 Å². The molecular weight excluding hydrogens is 254 g/mol. The summed E-state index contributed by atoms with van der Waals surface area (Å²) in [5, 5.41) is 10.0. The van der Waals surface area contributed by atoms with Gasteiger partial charge in [-0.1, -0.05) is 19.9 Å². The van der Waals surface area contributed by atoms with Crippen LogP contribution in [0.2, 0.25) is 0 Å². The van der Waals surface area contributed by atoms with Gasteiger partial charge in [-0.3, -0.25) is 4.90 Å². The third-order valence-corrected chi connectivity index (χ3v) is 4.48. The van der Waals surface area contributed by atoms with Crippen molar-refractivity contribution in [2.24, 2.45) is 0 Å². The van der Waals surface area contributed by atoms with Crippen LogP contribution in [-0.2, 0) is 15.0 Å². The highest BCUT2D eigenvalue weighted by Gasteiger charge is 2.46. The van der Waals surface area contributed by atoms with Crippen molar-refractivity contribution in [2.45, 2.75) is 25.3 Å². The third-order valence-electron chi connectivity index (χ3n) is 4.48. The van der Waals surface area contributed by atoms with Crippen molar-refractivity contribution in [1.82, 2.24) is 4.90 Å². The number of ether oxygens (including phenoxy) is 2. The second-order valence-electron chi connectivity index (χ2n) is 6.05. The second-order valence-corrected chi connectivity index (χ2v) is 6.05. The largest absolute Gasteiger partial charge is 0.508 e. The van der Waals surface area contributed by atoms with Gasteiger partial charge in [0, 0.05) is 13.1 Å². The predicted octanol–water partition coefficient (Wildman–Crippen LogP) is 2.07. The predicted molar refractivity (Wildman–Crippen MR) is 77.1 cm³/mol. The zero-order chi connectivity index (χ0) is 14.2. The van der Waals surface area contributed by atoms with Crippen LogP contribution in [0.5, 0.6) is 5.75 Å². The molecule has 1 aromatic carbocycles. The molecule has 0 spiro atoms. The Morgan fingerprint density at radius 2 is 1.85 bits per heavy atom. The van der Waals surface area contributed by atoms with Gasteiger partial charge in [0.05, 0.1) is 32.0 Å². The van der Waals surface area contributed by atoms with E-state index in [1.165, 1.54) is 5.56 Å². The van der Waals surface area contributed by atoms with E-state index in [4.69, 9.17) is 9.47 Å². The number of phenols is 1. The number of morpholine rings is 1. The summed E-state index contributed by atoms with van der Waals surface area (Å²) in [6.45, 7) is 9.15. The first-order valence-corrected chi connectivity index (χ1v) is 7.37. The SMILES string of the molecule is CC(C)c1cc(C2(N3CCOCC3)COC2)ccc1O. The zero-order valence-corrected chi connectivity index (χ0v) is 12.3. The lowest BCUT2D eigenvalue weighted by Gasteiger charge is -2.51. The lowest BCUT2D eigenvalue weighted by molar-refractivity contribution is -0.166. The number of rotatable bonds is 3. The minimum absolute atomic E-state index is 0.0267. The van der Waals surface area contributed by atoms with Crippen LogP contribution in [0.3, 0.4) is 0 Å². The molecule has 0 unspecified atom stereocenters. The van der Waals surface area contributed by atoms with Crippen LogP contribution < -0.4 is 0 Å². The maximum atomic E-state index is 10.0. The smallest absolute Gasteiger partial charge is 0.119 e. The minimum Gasteiger partial charge on any atom is -0.508 e. The summed E-state index contributed by atoms with van der Waals surface area (Å²) < 4.78 is 11.0. The van der Waals surface area contributed by atoms with Crippen LogP contribution in [0.25, 0.3) is 0 Å². The first kappa shape index (κ1) is 13.9. The molecule has 0 amide bonds. The van der Waals surface area contributed by atoms with E-state index in [0.29, 0.717) is 11.7 Å². The normalized spacial score (nSPS) is 22.8. The van der Waals surface area contributed by atoms with E-state index < -0.39 is 0 Å². The Bertz CT molecular complexity index is 477. The third kappa shape index (κ3) is 2.22. The summed E-state index contributed by atoms with van der Waals surface area (Å²) >= 11 is 0. The number of nitrogens with zero attached hydrogens (tertiary/aromatic N) is 1. The number of benzene rings is 1. The summed E-state index contributed by atoms with van der Waals surface area (Å²) in [5.74, 6) is 0.707. The monoisotopic (exact) mass is 277 g/mol. The molecule has 4 nitrogen and oxygen atoms in total. The van der Waals surface area contributed by atoms with Crippen molar-refractivity contribution < 1.29 is 14.6 Å². The standard InChI is InChI=1S/C16H23NO3/c1-12(2)14-9-13(3-4-15(14)18)16(10-20-11-16)17-5-7-19-8-6-17/h3-4,9,12,18H,5-8,10-11H2,1-2H3. The Labute approximate surface area is 120 Å². The molecule has 20 heavy (non-hydrogen) atoms. The van der Waals surface area contributed by atoms with Gasteiger partial charge in [-0.2, -0.15) is 0 Å². The van der Waals surface area contributed by atoms with E-state index in [2.05, 4.69) is 24.8 Å². The molecule has 2 aliphatic rings. The molecule has 0 aromatic heterocycles. The molecule has 0 atom stereocenters. The summed E-state index contributed by atoms with van der Waals surface area (Å²) in [7, 11) is 0. The molecule has 2 saturated heterocycles. The van der Waals surface area contributed by atoms with E-state index in [1.54, 1.807) is 0 Å². The highest BCUT2D eigenvalue weighted by molar-refractivity contribution is 5.41. The summed E-state index contributed by atoms with van der Waals surface area (Å²) in [6.07, 6.45) is 0. The molecule has 1 N–H and O–H groups in total. The van der Waals surface area contributed by atoms with Gasteiger partial charge in [-0.15, -0.1) is 0 Å². The fourth-order valence-corrected chi connectivity index (χ4v) is 3.13. The number of hydrogen-bond donors (Lipinski definition) is 1. The van der Waals surface area contributed by atoms with Gasteiger partial charge in [0.2, 0.25) is 0 Å². The molecule has 0 aliphatic carbocycles. The highest BCUT2D eigenvalue weighted by atomic mass is 16.5. The van der Waals surface area contributed by atoms with E-state index in [-0.39, 0.29) is 5.54 Å². The first-order valence-electron chi connectivity index (χ1n) is 7.37. The molecule has 0 bridgehead atoms. The van der Waals surface area contributed by atoms with Crippen molar-refractivity contribution in [3.05, 3.63) is 29.3 Å². The van der Waals surface area contributed by atoms with Crippen LogP contribution in [0, 0.1) is 0 Å². The van der Waals surface area contributed by atoms with Gasteiger partial charge in [0.15, 0.2) is 0 Å². The fourth-order valence-electron chi connectivity index (χ4n) is 3.13. The average molecular weight is 277 g/mol. The first-order chi connectivity index (χ1) is 9.63. The van der Waals surface area contributed by atoms with Crippen LogP contribution in [0.15, 0.2) is 18.2 Å². The van der Waals surface area contributed by atoms with Crippen molar-refractivity contribution in [1.29, 1.82) is 0 Å². The van der Waals surface area contributed by atoms with E-state index in [9.17, 15) is 5.11 Å².